The van der Waals surface area contributed by atoms with Crippen LogP contribution >= 0.6 is 11.8 Å². The van der Waals surface area contributed by atoms with Crippen molar-refractivity contribution >= 4 is 17.7 Å². The van der Waals surface area contributed by atoms with E-state index in [1.807, 2.05) is 44.2 Å². The lowest BCUT2D eigenvalue weighted by atomic mass is 9.90. The molecule has 1 aromatic carbocycles. The van der Waals surface area contributed by atoms with E-state index in [-0.39, 0.29) is 17.9 Å². The normalized spacial score (nSPS) is 11.3. The van der Waals surface area contributed by atoms with Crippen molar-refractivity contribution in [2.24, 2.45) is 5.41 Å². The van der Waals surface area contributed by atoms with E-state index in [9.17, 15) is 4.79 Å². The quantitative estimate of drug-likeness (QED) is 0.720. The Kier molecular flexibility index (Phi) is 6.95. The van der Waals surface area contributed by atoms with E-state index < -0.39 is 0 Å². The smallest absolute Gasteiger partial charge is 0.220 e. The molecule has 0 fully saturated rings. The van der Waals surface area contributed by atoms with Crippen LogP contribution < -0.4 is 5.32 Å². The number of amides is 1. The fourth-order valence-corrected chi connectivity index (χ4v) is 2.47. The molecule has 0 saturated heterocycles. The standard InChI is InChI=1S/C15H23NO2S/c1-15(2,9-10-17)12-16-14(18)8-11-19-13-6-4-3-5-7-13/h3-7,17H,8-12H2,1-2H3,(H,16,18). The van der Waals surface area contributed by atoms with Crippen molar-refractivity contribution in [1.82, 2.24) is 5.32 Å². The molecule has 0 aromatic heterocycles. The molecule has 4 heteroatoms. The lowest BCUT2D eigenvalue weighted by Crippen LogP contribution is -2.34. The maximum absolute atomic E-state index is 11.7. The number of hydrogen-bond acceptors (Lipinski definition) is 3. The van der Waals surface area contributed by atoms with E-state index in [1.54, 1.807) is 11.8 Å². The molecule has 19 heavy (non-hydrogen) atoms. The molecule has 1 amide bonds. The summed E-state index contributed by atoms with van der Waals surface area (Å²) in [6.45, 7) is 4.86. The van der Waals surface area contributed by atoms with Crippen LogP contribution in [0.15, 0.2) is 35.2 Å². The zero-order valence-electron chi connectivity index (χ0n) is 11.7. The van der Waals surface area contributed by atoms with Crippen LogP contribution in [0.5, 0.6) is 0 Å². The van der Waals surface area contributed by atoms with Crippen molar-refractivity contribution < 1.29 is 9.90 Å². The Labute approximate surface area is 119 Å². The van der Waals surface area contributed by atoms with Crippen LogP contribution in [0.1, 0.15) is 26.7 Å². The number of rotatable bonds is 8. The van der Waals surface area contributed by atoms with Crippen LogP contribution in [0.4, 0.5) is 0 Å². The van der Waals surface area contributed by atoms with Gasteiger partial charge in [0.05, 0.1) is 0 Å². The van der Waals surface area contributed by atoms with Gasteiger partial charge in [-0.15, -0.1) is 11.8 Å². The Morgan fingerprint density at radius 1 is 1.32 bits per heavy atom. The van der Waals surface area contributed by atoms with Crippen molar-refractivity contribution in [2.75, 3.05) is 18.9 Å². The van der Waals surface area contributed by atoms with Gasteiger partial charge in [-0.2, -0.15) is 0 Å². The van der Waals surface area contributed by atoms with E-state index in [1.165, 1.54) is 4.90 Å². The minimum absolute atomic E-state index is 0.0447. The number of carbonyl (C=O) groups is 1. The Bertz CT molecular complexity index is 379. The average Bonchev–Trinajstić information content (AvgIpc) is 2.38. The minimum Gasteiger partial charge on any atom is -0.396 e. The van der Waals surface area contributed by atoms with E-state index in [4.69, 9.17) is 5.11 Å². The highest BCUT2D eigenvalue weighted by Gasteiger charge is 2.17. The number of aliphatic hydroxyl groups excluding tert-OH is 1. The van der Waals surface area contributed by atoms with Crippen LogP contribution in [0.25, 0.3) is 0 Å². The monoisotopic (exact) mass is 281 g/mol. The van der Waals surface area contributed by atoms with Gasteiger partial charge in [-0.3, -0.25) is 4.79 Å². The Morgan fingerprint density at radius 3 is 2.63 bits per heavy atom. The summed E-state index contributed by atoms with van der Waals surface area (Å²) in [6, 6.07) is 10.1. The topological polar surface area (TPSA) is 49.3 Å². The van der Waals surface area contributed by atoms with Crippen molar-refractivity contribution in [3.63, 3.8) is 0 Å². The molecule has 0 aliphatic carbocycles. The molecular weight excluding hydrogens is 258 g/mol. The molecule has 0 heterocycles. The fourth-order valence-electron chi connectivity index (χ4n) is 1.60. The van der Waals surface area contributed by atoms with Gasteiger partial charge in [0, 0.05) is 30.2 Å². The zero-order valence-corrected chi connectivity index (χ0v) is 12.5. The molecule has 0 unspecified atom stereocenters. The summed E-state index contributed by atoms with van der Waals surface area (Å²) in [4.78, 5) is 12.9. The van der Waals surface area contributed by atoms with Crippen LogP contribution in [0, 0.1) is 5.41 Å². The predicted octanol–water partition coefficient (Wildman–Crippen LogP) is 2.69. The third-order valence-electron chi connectivity index (χ3n) is 2.89. The van der Waals surface area contributed by atoms with Crippen molar-refractivity contribution in [2.45, 2.75) is 31.6 Å². The Balaban J connectivity index is 2.18. The number of thioether (sulfide) groups is 1. The molecule has 2 N–H and O–H groups in total. The largest absolute Gasteiger partial charge is 0.396 e. The third-order valence-corrected chi connectivity index (χ3v) is 3.91. The maximum Gasteiger partial charge on any atom is 0.220 e. The summed E-state index contributed by atoms with van der Waals surface area (Å²) in [7, 11) is 0. The molecule has 106 valence electrons. The number of nitrogens with one attached hydrogen (secondary N) is 1. The summed E-state index contributed by atoms with van der Waals surface area (Å²) < 4.78 is 0. The summed E-state index contributed by atoms with van der Waals surface area (Å²) in [5, 5.41) is 11.8. The van der Waals surface area contributed by atoms with Crippen LogP contribution in [-0.4, -0.2) is 29.9 Å². The van der Waals surface area contributed by atoms with Crippen molar-refractivity contribution in [3.8, 4) is 0 Å². The molecule has 0 aliphatic heterocycles. The zero-order chi connectivity index (χ0) is 14.1. The van der Waals surface area contributed by atoms with Gasteiger partial charge in [0.1, 0.15) is 0 Å². The molecule has 3 nitrogen and oxygen atoms in total. The second kappa shape index (κ2) is 8.23. The van der Waals surface area contributed by atoms with Gasteiger partial charge < -0.3 is 10.4 Å². The lowest BCUT2D eigenvalue weighted by molar-refractivity contribution is -0.121. The molecule has 1 aromatic rings. The molecule has 0 bridgehead atoms. The van der Waals surface area contributed by atoms with E-state index in [0.29, 0.717) is 19.4 Å². The molecule has 0 aliphatic rings. The van der Waals surface area contributed by atoms with E-state index in [2.05, 4.69) is 5.32 Å². The maximum atomic E-state index is 11.7. The van der Waals surface area contributed by atoms with Gasteiger partial charge in [0.15, 0.2) is 0 Å². The highest BCUT2D eigenvalue weighted by molar-refractivity contribution is 7.99. The summed E-state index contributed by atoms with van der Waals surface area (Å²) >= 11 is 1.69. The lowest BCUT2D eigenvalue weighted by Gasteiger charge is -2.23. The molecule has 0 atom stereocenters. The predicted molar refractivity (Wildman–Crippen MR) is 80.3 cm³/mol. The molecule has 1 rings (SSSR count). The number of hydrogen-bond donors (Lipinski definition) is 2. The first-order chi connectivity index (χ1) is 9.03. The fraction of sp³-hybridized carbons (Fsp3) is 0.533. The second-order valence-corrected chi connectivity index (χ2v) is 6.49. The first-order valence-corrected chi connectivity index (χ1v) is 7.57. The molecule has 0 spiro atoms. The van der Waals surface area contributed by atoms with Gasteiger partial charge in [-0.1, -0.05) is 32.0 Å². The van der Waals surface area contributed by atoms with E-state index in [0.717, 1.165) is 5.75 Å². The van der Waals surface area contributed by atoms with Gasteiger partial charge in [-0.25, -0.2) is 0 Å². The highest BCUT2D eigenvalue weighted by Crippen LogP contribution is 2.19. The van der Waals surface area contributed by atoms with Crippen LogP contribution in [0.2, 0.25) is 0 Å². The molecule has 0 saturated carbocycles. The van der Waals surface area contributed by atoms with E-state index >= 15 is 0 Å². The summed E-state index contributed by atoms with van der Waals surface area (Å²) in [6.07, 6.45) is 1.22. The summed E-state index contributed by atoms with van der Waals surface area (Å²) in [5.74, 6) is 0.866. The highest BCUT2D eigenvalue weighted by atomic mass is 32.2. The number of benzene rings is 1. The second-order valence-electron chi connectivity index (χ2n) is 5.33. The third kappa shape index (κ3) is 7.23. The van der Waals surface area contributed by atoms with Gasteiger partial charge in [0.2, 0.25) is 5.91 Å². The Morgan fingerprint density at radius 2 is 2.00 bits per heavy atom. The van der Waals surface area contributed by atoms with Crippen molar-refractivity contribution in [1.29, 1.82) is 0 Å². The van der Waals surface area contributed by atoms with Gasteiger partial charge in [0.25, 0.3) is 0 Å². The number of carbonyl (C=O) groups excluding carboxylic acids is 1. The Hall–Kier alpha value is -1.00. The van der Waals surface area contributed by atoms with Gasteiger partial charge in [-0.05, 0) is 24.0 Å². The molecule has 0 radical (unpaired) electrons. The molecular formula is C15H23NO2S. The first-order valence-electron chi connectivity index (χ1n) is 6.59. The number of aliphatic hydroxyl groups is 1. The van der Waals surface area contributed by atoms with Crippen LogP contribution in [0.3, 0.4) is 0 Å². The average molecular weight is 281 g/mol. The van der Waals surface area contributed by atoms with Crippen LogP contribution in [-0.2, 0) is 4.79 Å². The minimum atomic E-state index is -0.0447. The first kappa shape index (κ1) is 16.1. The van der Waals surface area contributed by atoms with Crippen molar-refractivity contribution in [3.05, 3.63) is 30.3 Å². The summed E-state index contributed by atoms with van der Waals surface area (Å²) in [5.41, 5.74) is -0.0447. The SMILES string of the molecule is CC(C)(CCO)CNC(=O)CCSc1ccccc1. The van der Waals surface area contributed by atoms with Gasteiger partial charge >= 0.3 is 0 Å².